The molecular weight excluding hydrogens is 208 g/mol. The van der Waals surface area contributed by atoms with E-state index in [9.17, 15) is 0 Å². The van der Waals surface area contributed by atoms with Crippen molar-refractivity contribution in [1.82, 2.24) is 5.32 Å². The summed E-state index contributed by atoms with van der Waals surface area (Å²) >= 11 is 1.89. The SMILES string of the molecule is CCCC1CN=C(NC(CC)COC)S1. The minimum absolute atomic E-state index is 0.404. The van der Waals surface area contributed by atoms with E-state index >= 15 is 0 Å². The second kappa shape index (κ2) is 7.12. The first-order valence-corrected chi connectivity index (χ1v) is 6.64. The van der Waals surface area contributed by atoms with Gasteiger partial charge in [0.1, 0.15) is 0 Å². The Hall–Kier alpha value is -0.220. The lowest BCUT2D eigenvalue weighted by atomic mass is 10.2. The minimum atomic E-state index is 0.404. The predicted molar refractivity (Wildman–Crippen MR) is 67.7 cm³/mol. The molecule has 0 spiro atoms. The van der Waals surface area contributed by atoms with Crippen LogP contribution in [0.5, 0.6) is 0 Å². The summed E-state index contributed by atoms with van der Waals surface area (Å²) in [4.78, 5) is 4.52. The molecule has 0 saturated carbocycles. The lowest BCUT2D eigenvalue weighted by Crippen LogP contribution is -2.35. The van der Waals surface area contributed by atoms with Crippen molar-refractivity contribution in [2.24, 2.45) is 4.99 Å². The van der Waals surface area contributed by atoms with Gasteiger partial charge in [0.05, 0.1) is 19.2 Å². The molecule has 1 aliphatic heterocycles. The summed E-state index contributed by atoms with van der Waals surface area (Å²) in [6, 6.07) is 0.404. The lowest BCUT2D eigenvalue weighted by Gasteiger charge is -2.16. The summed E-state index contributed by atoms with van der Waals surface area (Å²) in [6.07, 6.45) is 3.59. The fourth-order valence-corrected chi connectivity index (χ4v) is 2.81. The molecule has 0 radical (unpaired) electrons. The maximum Gasteiger partial charge on any atom is 0.157 e. The Morgan fingerprint density at radius 3 is 3.00 bits per heavy atom. The third-order valence-electron chi connectivity index (χ3n) is 2.52. The third-order valence-corrected chi connectivity index (χ3v) is 3.70. The van der Waals surface area contributed by atoms with E-state index in [1.807, 2.05) is 11.8 Å². The molecule has 1 rings (SSSR count). The number of hydrogen-bond acceptors (Lipinski definition) is 4. The molecule has 3 nitrogen and oxygen atoms in total. The van der Waals surface area contributed by atoms with Crippen LogP contribution in [-0.2, 0) is 4.74 Å². The number of aliphatic imine (C=N–C) groups is 1. The van der Waals surface area contributed by atoms with Crippen LogP contribution in [0.3, 0.4) is 0 Å². The molecule has 15 heavy (non-hydrogen) atoms. The molecule has 1 N–H and O–H groups in total. The first-order chi connectivity index (χ1) is 7.30. The number of rotatable bonds is 6. The molecule has 1 heterocycles. The van der Waals surface area contributed by atoms with E-state index < -0.39 is 0 Å². The zero-order chi connectivity index (χ0) is 11.1. The number of nitrogens with zero attached hydrogens (tertiary/aromatic N) is 1. The number of nitrogens with one attached hydrogen (secondary N) is 1. The Bertz CT molecular complexity index is 209. The molecule has 0 saturated heterocycles. The van der Waals surface area contributed by atoms with Crippen LogP contribution in [0.15, 0.2) is 4.99 Å². The summed E-state index contributed by atoms with van der Waals surface area (Å²) < 4.78 is 5.15. The summed E-state index contributed by atoms with van der Waals surface area (Å²) in [5.41, 5.74) is 0. The van der Waals surface area contributed by atoms with E-state index in [-0.39, 0.29) is 0 Å². The Kier molecular flexibility index (Phi) is 6.10. The van der Waals surface area contributed by atoms with E-state index in [0.717, 1.165) is 24.7 Å². The van der Waals surface area contributed by atoms with Crippen molar-refractivity contribution in [1.29, 1.82) is 0 Å². The van der Waals surface area contributed by atoms with Crippen LogP contribution >= 0.6 is 11.8 Å². The highest BCUT2D eigenvalue weighted by Crippen LogP contribution is 2.23. The number of hydrogen-bond donors (Lipinski definition) is 1. The van der Waals surface area contributed by atoms with Crippen LogP contribution in [0.4, 0.5) is 0 Å². The largest absolute Gasteiger partial charge is 0.383 e. The summed E-state index contributed by atoms with van der Waals surface area (Å²) in [5, 5.41) is 5.24. The highest BCUT2D eigenvalue weighted by atomic mass is 32.2. The Morgan fingerprint density at radius 1 is 1.60 bits per heavy atom. The molecule has 2 atom stereocenters. The predicted octanol–water partition coefficient (Wildman–Crippen LogP) is 2.27. The lowest BCUT2D eigenvalue weighted by molar-refractivity contribution is 0.172. The molecule has 0 aliphatic carbocycles. The molecule has 0 aromatic carbocycles. The van der Waals surface area contributed by atoms with Gasteiger partial charge in [0.2, 0.25) is 0 Å². The quantitative estimate of drug-likeness (QED) is 0.760. The first kappa shape index (κ1) is 12.8. The van der Waals surface area contributed by atoms with Gasteiger partial charge in [-0.05, 0) is 12.8 Å². The van der Waals surface area contributed by atoms with Gasteiger partial charge in [0.25, 0.3) is 0 Å². The highest BCUT2D eigenvalue weighted by Gasteiger charge is 2.20. The molecular formula is C11H22N2OS. The van der Waals surface area contributed by atoms with Crippen LogP contribution in [0.2, 0.25) is 0 Å². The molecule has 2 unspecified atom stereocenters. The van der Waals surface area contributed by atoms with Gasteiger partial charge >= 0.3 is 0 Å². The molecule has 4 heteroatoms. The van der Waals surface area contributed by atoms with Crippen molar-refractivity contribution in [2.75, 3.05) is 20.3 Å². The van der Waals surface area contributed by atoms with Gasteiger partial charge in [-0.3, -0.25) is 4.99 Å². The number of ether oxygens (including phenoxy) is 1. The van der Waals surface area contributed by atoms with Crippen molar-refractivity contribution >= 4 is 16.9 Å². The van der Waals surface area contributed by atoms with Crippen molar-refractivity contribution in [3.63, 3.8) is 0 Å². The van der Waals surface area contributed by atoms with Gasteiger partial charge in [0, 0.05) is 12.4 Å². The van der Waals surface area contributed by atoms with Gasteiger partial charge in [0.15, 0.2) is 5.17 Å². The second-order valence-electron chi connectivity index (χ2n) is 3.88. The Labute approximate surface area is 97.1 Å². The monoisotopic (exact) mass is 230 g/mol. The second-order valence-corrected chi connectivity index (χ2v) is 5.17. The average molecular weight is 230 g/mol. The van der Waals surface area contributed by atoms with E-state index in [1.165, 1.54) is 12.8 Å². The van der Waals surface area contributed by atoms with Crippen LogP contribution in [-0.4, -0.2) is 36.7 Å². The standard InChI is InChI=1S/C11H22N2OS/c1-4-6-10-7-12-11(15-10)13-9(5-2)8-14-3/h9-10H,4-8H2,1-3H3,(H,12,13). The molecule has 0 amide bonds. The average Bonchev–Trinajstić information content (AvgIpc) is 2.66. The van der Waals surface area contributed by atoms with E-state index in [2.05, 4.69) is 24.2 Å². The van der Waals surface area contributed by atoms with Gasteiger partial charge in [-0.2, -0.15) is 0 Å². The highest BCUT2D eigenvalue weighted by molar-refractivity contribution is 8.14. The summed E-state index contributed by atoms with van der Waals surface area (Å²) in [6.45, 7) is 6.13. The van der Waals surface area contributed by atoms with E-state index in [0.29, 0.717) is 11.3 Å². The van der Waals surface area contributed by atoms with Crippen LogP contribution in [0.25, 0.3) is 0 Å². The molecule has 0 fully saturated rings. The normalized spacial score (nSPS) is 22.6. The Balaban J connectivity index is 2.27. The third kappa shape index (κ3) is 4.43. The van der Waals surface area contributed by atoms with E-state index in [4.69, 9.17) is 4.74 Å². The number of methoxy groups -OCH3 is 1. The molecule has 1 aliphatic rings. The minimum Gasteiger partial charge on any atom is -0.383 e. The van der Waals surface area contributed by atoms with E-state index in [1.54, 1.807) is 7.11 Å². The fourth-order valence-electron chi connectivity index (χ4n) is 1.61. The zero-order valence-corrected chi connectivity index (χ0v) is 10.8. The van der Waals surface area contributed by atoms with Crippen LogP contribution in [0.1, 0.15) is 33.1 Å². The summed E-state index contributed by atoms with van der Waals surface area (Å²) in [5.74, 6) is 0. The molecule has 0 aromatic heterocycles. The van der Waals surface area contributed by atoms with Crippen molar-refractivity contribution < 1.29 is 4.74 Å². The van der Waals surface area contributed by atoms with Crippen LogP contribution < -0.4 is 5.32 Å². The van der Waals surface area contributed by atoms with Gasteiger partial charge in [-0.25, -0.2) is 0 Å². The smallest absolute Gasteiger partial charge is 0.157 e. The van der Waals surface area contributed by atoms with Crippen molar-refractivity contribution in [3.05, 3.63) is 0 Å². The zero-order valence-electron chi connectivity index (χ0n) is 9.95. The number of thioether (sulfide) groups is 1. The first-order valence-electron chi connectivity index (χ1n) is 5.76. The van der Waals surface area contributed by atoms with Crippen molar-refractivity contribution in [3.8, 4) is 0 Å². The maximum atomic E-state index is 5.15. The van der Waals surface area contributed by atoms with Gasteiger partial charge < -0.3 is 10.1 Å². The van der Waals surface area contributed by atoms with Gasteiger partial charge in [-0.15, -0.1) is 0 Å². The maximum absolute atomic E-state index is 5.15. The molecule has 0 aromatic rings. The summed E-state index contributed by atoms with van der Waals surface area (Å²) in [7, 11) is 1.74. The number of amidine groups is 1. The fraction of sp³-hybridized carbons (Fsp3) is 0.909. The topological polar surface area (TPSA) is 33.6 Å². The van der Waals surface area contributed by atoms with Crippen molar-refractivity contribution in [2.45, 2.75) is 44.4 Å². The van der Waals surface area contributed by atoms with Gasteiger partial charge in [-0.1, -0.05) is 32.0 Å². The van der Waals surface area contributed by atoms with Crippen LogP contribution in [0, 0.1) is 0 Å². The Morgan fingerprint density at radius 2 is 2.40 bits per heavy atom. The molecule has 0 bridgehead atoms. The molecule has 88 valence electrons.